The van der Waals surface area contributed by atoms with Crippen LogP contribution in [0.5, 0.6) is 0 Å². The molecule has 0 bridgehead atoms. The maximum atomic E-state index is 10.3. The highest BCUT2D eigenvalue weighted by atomic mass is 32.1. The van der Waals surface area contributed by atoms with Crippen molar-refractivity contribution in [3.05, 3.63) is 51.5 Å². The zero-order valence-electron chi connectivity index (χ0n) is 10.3. The normalized spacial score (nSPS) is 13.0. The van der Waals surface area contributed by atoms with Crippen molar-refractivity contribution >= 4 is 11.3 Å². The Kier molecular flexibility index (Phi) is 3.60. The van der Waals surface area contributed by atoms with Crippen LogP contribution in [0, 0.1) is 6.92 Å². The molecule has 0 spiro atoms. The first kappa shape index (κ1) is 12.3. The van der Waals surface area contributed by atoms with Crippen LogP contribution in [-0.4, -0.2) is 10.1 Å². The molecule has 0 fully saturated rings. The van der Waals surface area contributed by atoms with Gasteiger partial charge in [0.1, 0.15) is 11.1 Å². The van der Waals surface area contributed by atoms with Crippen LogP contribution in [-0.2, 0) is 0 Å². The number of benzene rings is 1. The summed E-state index contributed by atoms with van der Waals surface area (Å²) < 4.78 is 0. The molecule has 3 heteroatoms. The minimum atomic E-state index is -0.604. The van der Waals surface area contributed by atoms with E-state index in [-0.39, 0.29) is 0 Å². The smallest absolute Gasteiger partial charge is 0.131 e. The van der Waals surface area contributed by atoms with Crippen molar-refractivity contribution in [3.8, 4) is 0 Å². The highest BCUT2D eigenvalue weighted by Gasteiger charge is 2.17. The van der Waals surface area contributed by atoms with Gasteiger partial charge >= 0.3 is 0 Å². The molecule has 1 heterocycles. The third kappa shape index (κ3) is 2.56. The second-order valence-electron chi connectivity index (χ2n) is 4.46. The van der Waals surface area contributed by atoms with E-state index in [9.17, 15) is 5.11 Å². The molecule has 1 unspecified atom stereocenters. The van der Waals surface area contributed by atoms with Gasteiger partial charge in [0.25, 0.3) is 0 Å². The van der Waals surface area contributed by atoms with Crippen molar-refractivity contribution in [2.75, 3.05) is 0 Å². The number of thiazole rings is 1. The Bertz CT molecular complexity index is 490. The third-order valence-corrected chi connectivity index (χ3v) is 3.78. The Labute approximate surface area is 106 Å². The van der Waals surface area contributed by atoms with E-state index in [1.165, 1.54) is 4.88 Å². The monoisotopic (exact) mass is 247 g/mol. The molecule has 0 aliphatic carbocycles. The molecule has 17 heavy (non-hydrogen) atoms. The lowest BCUT2D eigenvalue weighted by Crippen LogP contribution is -1.99. The molecule has 1 aromatic carbocycles. The molecule has 2 rings (SSSR count). The fourth-order valence-corrected chi connectivity index (χ4v) is 2.95. The standard InChI is InChI=1S/C14H17NOS/c1-9(2)12-10(3)17-14(15-12)13(16)11-7-5-4-6-8-11/h4-9,13,16H,1-3H3. The van der Waals surface area contributed by atoms with Gasteiger partial charge in [-0.2, -0.15) is 0 Å². The molecule has 2 aromatic rings. The lowest BCUT2D eigenvalue weighted by Gasteiger charge is -2.07. The van der Waals surface area contributed by atoms with E-state index >= 15 is 0 Å². The maximum absolute atomic E-state index is 10.3. The van der Waals surface area contributed by atoms with Gasteiger partial charge in [-0.1, -0.05) is 44.2 Å². The highest BCUT2D eigenvalue weighted by Crippen LogP contribution is 2.30. The quantitative estimate of drug-likeness (QED) is 0.898. The SMILES string of the molecule is Cc1sc(C(O)c2ccccc2)nc1C(C)C. The lowest BCUT2D eigenvalue weighted by molar-refractivity contribution is 0.219. The average Bonchev–Trinajstić information content (AvgIpc) is 2.71. The van der Waals surface area contributed by atoms with Gasteiger partial charge in [0.05, 0.1) is 5.69 Å². The zero-order valence-corrected chi connectivity index (χ0v) is 11.2. The summed E-state index contributed by atoms with van der Waals surface area (Å²) >= 11 is 1.58. The molecule has 0 aliphatic heterocycles. The largest absolute Gasteiger partial charge is 0.381 e. The average molecular weight is 247 g/mol. The molecule has 0 saturated carbocycles. The first-order valence-electron chi connectivity index (χ1n) is 5.80. The molecule has 1 aromatic heterocycles. The van der Waals surface area contributed by atoms with Gasteiger partial charge in [-0.25, -0.2) is 4.98 Å². The molecule has 90 valence electrons. The summed E-state index contributed by atoms with van der Waals surface area (Å²) in [5, 5.41) is 11.0. The van der Waals surface area contributed by atoms with E-state index in [1.54, 1.807) is 11.3 Å². The number of rotatable bonds is 3. The zero-order chi connectivity index (χ0) is 12.4. The van der Waals surface area contributed by atoms with E-state index in [2.05, 4.69) is 25.8 Å². The van der Waals surface area contributed by atoms with Crippen LogP contribution in [0.3, 0.4) is 0 Å². The Hall–Kier alpha value is -1.19. The molecule has 1 atom stereocenters. The summed E-state index contributed by atoms with van der Waals surface area (Å²) in [4.78, 5) is 5.75. The molecule has 2 nitrogen and oxygen atoms in total. The maximum Gasteiger partial charge on any atom is 0.131 e. The lowest BCUT2D eigenvalue weighted by atomic mass is 10.1. The van der Waals surface area contributed by atoms with Gasteiger partial charge < -0.3 is 5.11 Å². The molecule has 0 radical (unpaired) electrons. The highest BCUT2D eigenvalue weighted by molar-refractivity contribution is 7.11. The summed E-state index contributed by atoms with van der Waals surface area (Å²) in [6.07, 6.45) is -0.604. The Morgan fingerprint density at radius 1 is 1.18 bits per heavy atom. The fourth-order valence-electron chi connectivity index (χ4n) is 1.86. The topological polar surface area (TPSA) is 33.1 Å². The predicted octanol–water partition coefficient (Wildman–Crippen LogP) is 3.66. The number of aromatic nitrogens is 1. The second kappa shape index (κ2) is 4.98. The fraction of sp³-hybridized carbons (Fsp3) is 0.357. The van der Waals surface area contributed by atoms with Crippen LogP contribution < -0.4 is 0 Å². The number of aliphatic hydroxyl groups excluding tert-OH is 1. The van der Waals surface area contributed by atoms with Crippen molar-refractivity contribution in [1.29, 1.82) is 0 Å². The van der Waals surface area contributed by atoms with Gasteiger partial charge in [-0.15, -0.1) is 11.3 Å². The summed E-state index contributed by atoms with van der Waals surface area (Å²) in [6, 6.07) is 9.67. The molecule has 0 saturated heterocycles. The summed E-state index contributed by atoms with van der Waals surface area (Å²) in [5.41, 5.74) is 2.00. The van der Waals surface area contributed by atoms with Crippen molar-refractivity contribution in [2.45, 2.75) is 32.8 Å². The van der Waals surface area contributed by atoms with Crippen LogP contribution in [0.1, 0.15) is 47.0 Å². The van der Waals surface area contributed by atoms with Crippen molar-refractivity contribution < 1.29 is 5.11 Å². The number of hydrogen-bond donors (Lipinski definition) is 1. The minimum absolute atomic E-state index is 0.406. The Balaban J connectivity index is 2.32. The van der Waals surface area contributed by atoms with E-state index in [0.717, 1.165) is 16.3 Å². The van der Waals surface area contributed by atoms with Crippen LogP contribution in [0.15, 0.2) is 30.3 Å². The van der Waals surface area contributed by atoms with Crippen molar-refractivity contribution in [1.82, 2.24) is 4.98 Å². The van der Waals surface area contributed by atoms with Gasteiger partial charge in [0.2, 0.25) is 0 Å². The number of hydrogen-bond acceptors (Lipinski definition) is 3. The van der Waals surface area contributed by atoms with Crippen molar-refractivity contribution in [2.24, 2.45) is 0 Å². The first-order valence-corrected chi connectivity index (χ1v) is 6.61. The van der Waals surface area contributed by atoms with Crippen LogP contribution in [0.4, 0.5) is 0 Å². The Morgan fingerprint density at radius 2 is 1.82 bits per heavy atom. The molecule has 1 N–H and O–H groups in total. The summed E-state index contributed by atoms with van der Waals surface area (Å²) in [5.74, 6) is 0.406. The molecular weight excluding hydrogens is 230 g/mol. The van der Waals surface area contributed by atoms with E-state index in [1.807, 2.05) is 30.3 Å². The number of aliphatic hydroxyl groups is 1. The second-order valence-corrected chi connectivity index (χ2v) is 5.70. The molecule has 0 amide bonds. The molecular formula is C14H17NOS. The van der Waals surface area contributed by atoms with Gasteiger partial charge in [0.15, 0.2) is 0 Å². The van der Waals surface area contributed by atoms with Crippen molar-refractivity contribution in [3.63, 3.8) is 0 Å². The van der Waals surface area contributed by atoms with E-state index in [4.69, 9.17) is 0 Å². The first-order chi connectivity index (χ1) is 8.09. The summed E-state index contributed by atoms with van der Waals surface area (Å²) in [6.45, 7) is 6.32. The van der Waals surface area contributed by atoms with Crippen LogP contribution in [0.2, 0.25) is 0 Å². The number of aryl methyl sites for hydroxylation is 1. The summed E-state index contributed by atoms with van der Waals surface area (Å²) in [7, 11) is 0. The van der Waals surface area contributed by atoms with Gasteiger partial charge in [0, 0.05) is 4.88 Å². The van der Waals surface area contributed by atoms with Crippen LogP contribution >= 0.6 is 11.3 Å². The number of nitrogens with zero attached hydrogens (tertiary/aromatic N) is 1. The van der Waals surface area contributed by atoms with Crippen LogP contribution in [0.25, 0.3) is 0 Å². The molecule has 0 aliphatic rings. The van der Waals surface area contributed by atoms with E-state index < -0.39 is 6.10 Å². The third-order valence-electron chi connectivity index (χ3n) is 2.75. The Morgan fingerprint density at radius 3 is 2.35 bits per heavy atom. The predicted molar refractivity (Wildman–Crippen MR) is 71.4 cm³/mol. The minimum Gasteiger partial charge on any atom is -0.381 e. The van der Waals surface area contributed by atoms with Gasteiger partial charge in [-0.05, 0) is 18.4 Å². The van der Waals surface area contributed by atoms with E-state index in [0.29, 0.717) is 5.92 Å². The van der Waals surface area contributed by atoms with Gasteiger partial charge in [-0.3, -0.25) is 0 Å².